The van der Waals surface area contributed by atoms with Crippen LogP contribution in [0.1, 0.15) is 34.4 Å². The van der Waals surface area contributed by atoms with Gasteiger partial charge in [0, 0.05) is 5.56 Å². The molecule has 0 atom stereocenters. The van der Waals surface area contributed by atoms with Crippen LogP contribution in [0, 0.1) is 13.8 Å². The fraction of sp³-hybridized carbons (Fsp3) is 0.227. The summed E-state index contributed by atoms with van der Waals surface area (Å²) in [6.45, 7) is 5.68. The number of carbonyl (C=O) groups is 1. The fourth-order valence-electron chi connectivity index (χ4n) is 3.13. The summed E-state index contributed by atoms with van der Waals surface area (Å²) in [6.07, 6.45) is 0. The maximum absolute atomic E-state index is 12.0. The van der Waals surface area contributed by atoms with Gasteiger partial charge in [-0.25, -0.2) is 0 Å². The molecule has 0 bridgehead atoms. The molecule has 0 fully saturated rings. The van der Waals surface area contributed by atoms with E-state index in [0.717, 1.165) is 16.7 Å². The molecule has 0 aliphatic rings. The smallest absolute Gasteiger partial charge is 0.163 e. The summed E-state index contributed by atoms with van der Waals surface area (Å²) in [5.74, 6) is 2.60. The van der Waals surface area contributed by atoms with Gasteiger partial charge in [0.15, 0.2) is 17.3 Å². The highest BCUT2D eigenvalue weighted by molar-refractivity contribution is 6.02. The van der Waals surface area contributed by atoms with Gasteiger partial charge in [0.1, 0.15) is 18.1 Å². The van der Waals surface area contributed by atoms with E-state index in [-0.39, 0.29) is 5.78 Å². The van der Waals surface area contributed by atoms with Gasteiger partial charge >= 0.3 is 0 Å². The molecule has 2 aromatic carbocycles. The number of ketones is 1. The van der Waals surface area contributed by atoms with Crippen LogP contribution in [0.2, 0.25) is 0 Å². The van der Waals surface area contributed by atoms with Crippen LogP contribution in [-0.2, 0) is 6.61 Å². The molecular formula is C22H22O4. The lowest BCUT2D eigenvalue weighted by Crippen LogP contribution is -1.99. The topological polar surface area (TPSA) is 48.7 Å². The summed E-state index contributed by atoms with van der Waals surface area (Å²) in [5, 5.41) is 0. The highest BCUT2D eigenvalue weighted by Crippen LogP contribution is 2.38. The molecule has 0 amide bonds. The molecule has 26 heavy (non-hydrogen) atoms. The quantitative estimate of drug-likeness (QED) is 0.562. The summed E-state index contributed by atoms with van der Waals surface area (Å²) in [5.41, 5.74) is 3.37. The van der Waals surface area contributed by atoms with E-state index < -0.39 is 0 Å². The van der Waals surface area contributed by atoms with Crippen molar-refractivity contribution in [2.75, 3.05) is 7.11 Å². The standard InChI is InChI=1S/C22H22O4/c1-14(23)21-15(2)26-16(3)22(21)18-10-11-19(20(12-18)24-4)25-13-17-8-6-5-7-9-17/h5-12H,13H2,1-4H3. The Morgan fingerprint density at radius 1 is 1.00 bits per heavy atom. The molecule has 1 aromatic heterocycles. The summed E-state index contributed by atoms with van der Waals surface area (Å²) in [7, 11) is 1.61. The van der Waals surface area contributed by atoms with E-state index in [1.807, 2.05) is 62.4 Å². The SMILES string of the molecule is COc1cc(-c2c(C)oc(C)c2C(C)=O)ccc1OCc1ccccc1. The van der Waals surface area contributed by atoms with E-state index in [2.05, 4.69) is 0 Å². The minimum atomic E-state index is -0.0160. The third-order valence-electron chi connectivity index (χ3n) is 4.30. The first-order valence-corrected chi connectivity index (χ1v) is 8.47. The van der Waals surface area contributed by atoms with Crippen molar-refractivity contribution in [3.63, 3.8) is 0 Å². The summed E-state index contributed by atoms with van der Waals surface area (Å²) in [4.78, 5) is 12.0. The molecule has 1 heterocycles. The van der Waals surface area contributed by atoms with E-state index in [0.29, 0.717) is 35.2 Å². The van der Waals surface area contributed by atoms with Crippen LogP contribution in [0.5, 0.6) is 11.5 Å². The maximum atomic E-state index is 12.0. The predicted molar refractivity (Wildman–Crippen MR) is 101 cm³/mol. The Morgan fingerprint density at radius 3 is 2.38 bits per heavy atom. The summed E-state index contributed by atoms with van der Waals surface area (Å²) >= 11 is 0. The highest BCUT2D eigenvalue weighted by Gasteiger charge is 2.21. The van der Waals surface area contributed by atoms with Gasteiger partial charge in [-0.1, -0.05) is 36.4 Å². The molecule has 0 spiro atoms. The Labute approximate surface area is 153 Å². The Bertz CT molecular complexity index is 923. The maximum Gasteiger partial charge on any atom is 0.163 e. The molecule has 4 nitrogen and oxygen atoms in total. The molecule has 3 rings (SSSR count). The summed E-state index contributed by atoms with van der Waals surface area (Å²) in [6, 6.07) is 15.6. The second kappa shape index (κ2) is 7.48. The number of carbonyl (C=O) groups excluding carboxylic acids is 1. The summed E-state index contributed by atoms with van der Waals surface area (Å²) < 4.78 is 17.1. The normalized spacial score (nSPS) is 10.6. The molecule has 0 saturated heterocycles. The van der Waals surface area contributed by atoms with Crippen LogP contribution in [0.3, 0.4) is 0 Å². The van der Waals surface area contributed by atoms with E-state index in [1.54, 1.807) is 14.0 Å². The van der Waals surface area contributed by atoms with Crippen molar-refractivity contribution in [1.82, 2.24) is 0 Å². The largest absolute Gasteiger partial charge is 0.493 e. The number of benzene rings is 2. The van der Waals surface area contributed by atoms with Crippen LogP contribution in [0.15, 0.2) is 52.9 Å². The number of aryl methyl sites for hydroxylation is 2. The number of hydrogen-bond acceptors (Lipinski definition) is 4. The Morgan fingerprint density at radius 2 is 1.73 bits per heavy atom. The molecule has 0 aliphatic heterocycles. The zero-order valence-electron chi connectivity index (χ0n) is 15.5. The second-order valence-corrected chi connectivity index (χ2v) is 6.16. The number of ether oxygens (including phenoxy) is 2. The average molecular weight is 350 g/mol. The van der Waals surface area contributed by atoms with Crippen molar-refractivity contribution in [2.45, 2.75) is 27.4 Å². The number of methoxy groups -OCH3 is 1. The van der Waals surface area contributed by atoms with Crippen molar-refractivity contribution >= 4 is 5.78 Å². The van der Waals surface area contributed by atoms with Crippen molar-refractivity contribution in [3.05, 3.63) is 71.2 Å². The Balaban J connectivity index is 1.94. The van der Waals surface area contributed by atoms with Gasteiger partial charge in [0.05, 0.1) is 12.7 Å². The van der Waals surface area contributed by atoms with Crippen LogP contribution in [-0.4, -0.2) is 12.9 Å². The second-order valence-electron chi connectivity index (χ2n) is 6.16. The first kappa shape index (κ1) is 17.8. The van der Waals surface area contributed by atoms with Gasteiger partial charge in [0.2, 0.25) is 0 Å². The zero-order valence-corrected chi connectivity index (χ0v) is 15.5. The van der Waals surface area contributed by atoms with Crippen LogP contribution in [0.4, 0.5) is 0 Å². The lowest BCUT2D eigenvalue weighted by atomic mass is 9.98. The monoisotopic (exact) mass is 350 g/mol. The van der Waals surface area contributed by atoms with E-state index in [4.69, 9.17) is 13.9 Å². The van der Waals surface area contributed by atoms with Crippen LogP contribution >= 0.6 is 0 Å². The minimum Gasteiger partial charge on any atom is -0.493 e. The van der Waals surface area contributed by atoms with Gasteiger partial charge in [-0.05, 0) is 44.0 Å². The van der Waals surface area contributed by atoms with Crippen molar-refractivity contribution in [2.24, 2.45) is 0 Å². The van der Waals surface area contributed by atoms with Gasteiger partial charge in [-0.3, -0.25) is 4.79 Å². The zero-order chi connectivity index (χ0) is 18.7. The number of rotatable bonds is 6. The predicted octanol–water partition coefficient (Wildman–Crippen LogP) is 5.35. The van der Waals surface area contributed by atoms with Crippen LogP contribution < -0.4 is 9.47 Å². The van der Waals surface area contributed by atoms with Crippen molar-refractivity contribution in [1.29, 1.82) is 0 Å². The minimum absolute atomic E-state index is 0.0160. The lowest BCUT2D eigenvalue weighted by Gasteiger charge is -2.13. The molecule has 4 heteroatoms. The van der Waals surface area contributed by atoms with E-state index in [9.17, 15) is 4.79 Å². The Hall–Kier alpha value is -3.01. The molecule has 134 valence electrons. The number of Topliss-reactive ketones (excluding diaryl/α,β-unsaturated/α-hetero) is 1. The molecular weight excluding hydrogens is 328 g/mol. The van der Waals surface area contributed by atoms with Gasteiger partial charge in [-0.2, -0.15) is 0 Å². The van der Waals surface area contributed by atoms with Crippen molar-refractivity contribution in [3.8, 4) is 22.6 Å². The lowest BCUT2D eigenvalue weighted by molar-refractivity contribution is 0.101. The number of hydrogen-bond donors (Lipinski definition) is 0. The first-order valence-electron chi connectivity index (χ1n) is 8.47. The third-order valence-corrected chi connectivity index (χ3v) is 4.30. The molecule has 3 aromatic rings. The molecule has 0 saturated carbocycles. The van der Waals surface area contributed by atoms with Gasteiger partial charge < -0.3 is 13.9 Å². The average Bonchev–Trinajstić information content (AvgIpc) is 2.94. The molecule has 0 N–H and O–H groups in total. The van der Waals surface area contributed by atoms with Gasteiger partial charge in [-0.15, -0.1) is 0 Å². The van der Waals surface area contributed by atoms with E-state index >= 15 is 0 Å². The fourth-order valence-corrected chi connectivity index (χ4v) is 3.13. The number of furan rings is 1. The molecule has 0 aliphatic carbocycles. The van der Waals surface area contributed by atoms with Crippen molar-refractivity contribution < 1.29 is 18.7 Å². The third kappa shape index (κ3) is 3.49. The van der Waals surface area contributed by atoms with Crippen LogP contribution in [0.25, 0.3) is 11.1 Å². The molecule has 0 radical (unpaired) electrons. The molecule has 0 unspecified atom stereocenters. The van der Waals surface area contributed by atoms with E-state index in [1.165, 1.54) is 0 Å². The van der Waals surface area contributed by atoms with Gasteiger partial charge in [0.25, 0.3) is 0 Å². The highest BCUT2D eigenvalue weighted by atomic mass is 16.5. The Kier molecular flexibility index (Phi) is 5.12. The first-order chi connectivity index (χ1) is 12.5.